The molecule has 5 heteroatoms. The fraction of sp³-hybridized carbons (Fsp3) is 0.625. The van der Waals surface area contributed by atoms with Crippen LogP contribution < -0.4 is 10.6 Å². The van der Waals surface area contributed by atoms with Gasteiger partial charge in [-0.1, -0.05) is 31.5 Å². The molecular formula is C16H26N2O2S. The molecule has 0 amide bonds. The quantitative estimate of drug-likeness (QED) is 0.875. The SMILES string of the molecule is CCCCN(c1ccccc1)C1(CN)CCCS(=O)(=O)C1. The Labute approximate surface area is 128 Å². The number of unbranched alkanes of at least 4 members (excludes halogenated alkanes) is 1. The van der Waals surface area contributed by atoms with Crippen LogP contribution in [0.4, 0.5) is 5.69 Å². The van der Waals surface area contributed by atoms with Crippen molar-refractivity contribution >= 4 is 15.5 Å². The molecule has 0 saturated carbocycles. The van der Waals surface area contributed by atoms with Gasteiger partial charge in [-0.3, -0.25) is 0 Å². The van der Waals surface area contributed by atoms with Gasteiger partial charge in [0.05, 0.1) is 17.0 Å². The lowest BCUT2D eigenvalue weighted by atomic mass is 9.92. The molecule has 1 aromatic carbocycles. The molecule has 0 bridgehead atoms. The molecule has 2 rings (SSSR count). The van der Waals surface area contributed by atoms with Gasteiger partial charge in [-0.15, -0.1) is 0 Å². The van der Waals surface area contributed by atoms with E-state index in [0.29, 0.717) is 18.7 Å². The minimum atomic E-state index is -3.00. The number of benzene rings is 1. The number of nitrogens with zero attached hydrogens (tertiary/aromatic N) is 1. The maximum atomic E-state index is 12.2. The Morgan fingerprint density at radius 1 is 1.29 bits per heavy atom. The molecule has 21 heavy (non-hydrogen) atoms. The van der Waals surface area contributed by atoms with Crippen LogP contribution in [0, 0.1) is 0 Å². The predicted molar refractivity (Wildman–Crippen MR) is 88.4 cm³/mol. The summed E-state index contributed by atoms with van der Waals surface area (Å²) in [6, 6.07) is 10.1. The summed E-state index contributed by atoms with van der Waals surface area (Å²) >= 11 is 0. The van der Waals surface area contributed by atoms with Crippen molar-refractivity contribution in [2.75, 3.05) is 29.5 Å². The van der Waals surface area contributed by atoms with Crippen molar-refractivity contribution in [3.8, 4) is 0 Å². The van der Waals surface area contributed by atoms with Gasteiger partial charge in [-0.2, -0.15) is 0 Å². The molecule has 1 heterocycles. The Hall–Kier alpha value is -1.07. The third-order valence-electron chi connectivity index (χ3n) is 4.34. The summed E-state index contributed by atoms with van der Waals surface area (Å²) in [5, 5.41) is 0. The van der Waals surface area contributed by atoms with E-state index in [2.05, 4.69) is 11.8 Å². The van der Waals surface area contributed by atoms with Crippen LogP contribution in [0.15, 0.2) is 30.3 Å². The molecule has 2 N–H and O–H groups in total. The van der Waals surface area contributed by atoms with Gasteiger partial charge in [0.25, 0.3) is 0 Å². The van der Waals surface area contributed by atoms with Gasteiger partial charge in [0.2, 0.25) is 0 Å². The van der Waals surface area contributed by atoms with Crippen molar-refractivity contribution in [3.05, 3.63) is 30.3 Å². The summed E-state index contributed by atoms with van der Waals surface area (Å²) in [5.74, 6) is 0.472. The van der Waals surface area contributed by atoms with Gasteiger partial charge in [0.15, 0.2) is 9.84 Å². The van der Waals surface area contributed by atoms with E-state index in [0.717, 1.165) is 31.5 Å². The molecule has 1 aromatic rings. The zero-order chi connectivity index (χ0) is 15.3. The molecule has 1 saturated heterocycles. The summed E-state index contributed by atoms with van der Waals surface area (Å²) < 4.78 is 24.3. The summed E-state index contributed by atoms with van der Waals surface area (Å²) in [6.45, 7) is 3.38. The van der Waals surface area contributed by atoms with Gasteiger partial charge >= 0.3 is 0 Å². The van der Waals surface area contributed by atoms with Gasteiger partial charge in [0.1, 0.15) is 0 Å². The third-order valence-corrected chi connectivity index (χ3v) is 6.23. The largest absolute Gasteiger partial charge is 0.364 e. The second-order valence-corrected chi connectivity index (χ2v) is 8.15. The normalized spacial score (nSPS) is 24.7. The Morgan fingerprint density at radius 3 is 2.57 bits per heavy atom. The highest BCUT2D eigenvalue weighted by Crippen LogP contribution is 2.33. The van der Waals surface area contributed by atoms with Crippen LogP contribution in [0.3, 0.4) is 0 Å². The summed E-state index contributed by atoms with van der Waals surface area (Å²) in [7, 11) is -3.00. The van der Waals surface area contributed by atoms with Gasteiger partial charge < -0.3 is 10.6 Å². The van der Waals surface area contributed by atoms with E-state index in [1.54, 1.807) is 0 Å². The van der Waals surface area contributed by atoms with Crippen LogP contribution in [0.1, 0.15) is 32.6 Å². The second kappa shape index (κ2) is 6.79. The number of rotatable bonds is 6. The number of hydrogen-bond donors (Lipinski definition) is 1. The monoisotopic (exact) mass is 310 g/mol. The highest BCUT2D eigenvalue weighted by molar-refractivity contribution is 7.91. The van der Waals surface area contributed by atoms with Crippen molar-refractivity contribution in [2.24, 2.45) is 5.73 Å². The number of anilines is 1. The Kier molecular flexibility index (Phi) is 5.27. The summed E-state index contributed by atoms with van der Waals surface area (Å²) in [5.41, 5.74) is 6.69. The maximum absolute atomic E-state index is 12.2. The fourth-order valence-corrected chi connectivity index (χ4v) is 5.19. The molecule has 0 aromatic heterocycles. The minimum Gasteiger partial charge on any atom is -0.364 e. The van der Waals surface area contributed by atoms with E-state index >= 15 is 0 Å². The van der Waals surface area contributed by atoms with E-state index in [4.69, 9.17) is 5.73 Å². The molecule has 4 nitrogen and oxygen atoms in total. The Bertz CT molecular complexity index is 545. The third kappa shape index (κ3) is 3.77. The molecule has 1 atom stereocenters. The molecule has 0 radical (unpaired) electrons. The molecule has 118 valence electrons. The highest BCUT2D eigenvalue weighted by Gasteiger charge is 2.42. The lowest BCUT2D eigenvalue weighted by Gasteiger charge is -2.47. The second-order valence-electron chi connectivity index (χ2n) is 5.96. The van der Waals surface area contributed by atoms with Crippen LogP contribution in [-0.2, 0) is 9.84 Å². The molecule has 1 fully saturated rings. The lowest BCUT2D eigenvalue weighted by Crippen LogP contribution is -2.60. The average molecular weight is 310 g/mol. The van der Waals surface area contributed by atoms with Crippen LogP contribution >= 0.6 is 0 Å². The van der Waals surface area contributed by atoms with E-state index < -0.39 is 15.4 Å². The number of sulfone groups is 1. The minimum absolute atomic E-state index is 0.176. The Morgan fingerprint density at radius 2 is 2.00 bits per heavy atom. The molecule has 1 aliphatic heterocycles. The zero-order valence-electron chi connectivity index (χ0n) is 12.8. The fourth-order valence-electron chi connectivity index (χ4n) is 3.22. The van der Waals surface area contributed by atoms with Gasteiger partial charge in [-0.05, 0) is 31.4 Å². The molecular weight excluding hydrogens is 284 g/mol. The first-order valence-corrected chi connectivity index (χ1v) is 9.58. The smallest absolute Gasteiger partial charge is 0.152 e. The van der Waals surface area contributed by atoms with Gasteiger partial charge in [0, 0.05) is 18.8 Å². The molecule has 0 aliphatic carbocycles. The Balaban J connectivity index is 2.37. The summed E-state index contributed by atoms with van der Waals surface area (Å²) in [4.78, 5) is 2.24. The van der Waals surface area contributed by atoms with Crippen LogP contribution in [0.5, 0.6) is 0 Å². The van der Waals surface area contributed by atoms with E-state index in [1.165, 1.54) is 0 Å². The van der Waals surface area contributed by atoms with E-state index in [1.807, 2.05) is 30.3 Å². The van der Waals surface area contributed by atoms with Gasteiger partial charge in [-0.25, -0.2) is 8.42 Å². The first-order valence-electron chi connectivity index (χ1n) is 7.76. The highest BCUT2D eigenvalue weighted by atomic mass is 32.2. The van der Waals surface area contributed by atoms with Crippen molar-refractivity contribution in [1.82, 2.24) is 0 Å². The first kappa shape index (κ1) is 16.3. The number of hydrogen-bond acceptors (Lipinski definition) is 4. The first-order chi connectivity index (χ1) is 10.0. The number of para-hydroxylation sites is 1. The standard InChI is InChI=1S/C16H26N2O2S/c1-2-3-11-18(15-8-5-4-6-9-15)16(13-17)10-7-12-21(19,20)14-16/h4-6,8-9H,2-3,7,10-14,17H2,1H3. The van der Waals surface area contributed by atoms with Crippen LogP contribution in [-0.4, -0.2) is 38.6 Å². The van der Waals surface area contributed by atoms with Crippen molar-refractivity contribution in [2.45, 2.75) is 38.1 Å². The topological polar surface area (TPSA) is 63.4 Å². The van der Waals surface area contributed by atoms with Crippen molar-refractivity contribution in [1.29, 1.82) is 0 Å². The average Bonchev–Trinajstić information content (AvgIpc) is 2.47. The molecule has 0 spiro atoms. The molecule has 1 aliphatic rings. The van der Waals surface area contributed by atoms with E-state index in [9.17, 15) is 8.42 Å². The van der Waals surface area contributed by atoms with E-state index in [-0.39, 0.29) is 5.75 Å². The van der Waals surface area contributed by atoms with Crippen molar-refractivity contribution < 1.29 is 8.42 Å². The van der Waals surface area contributed by atoms with Crippen molar-refractivity contribution in [3.63, 3.8) is 0 Å². The summed E-state index contributed by atoms with van der Waals surface area (Å²) in [6.07, 6.45) is 3.67. The van der Waals surface area contributed by atoms with Crippen LogP contribution in [0.2, 0.25) is 0 Å². The number of nitrogens with two attached hydrogens (primary N) is 1. The lowest BCUT2D eigenvalue weighted by molar-refractivity contribution is 0.378. The predicted octanol–water partition coefficient (Wildman–Crippen LogP) is 2.20. The zero-order valence-corrected chi connectivity index (χ0v) is 13.6. The van der Waals surface area contributed by atoms with Crippen LogP contribution in [0.25, 0.3) is 0 Å². The maximum Gasteiger partial charge on any atom is 0.152 e. The molecule has 1 unspecified atom stereocenters.